The SMILES string of the molecule is CC1CC(CN)CN1C(=O)CCn1cc([N+](=O)[O-])cn1.Cl. The van der Waals surface area contributed by atoms with Gasteiger partial charge in [-0.3, -0.25) is 19.6 Å². The van der Waals surface area contributed by atoms with Crippen molar-refractivity contribution in [1.29, 1.82) is 0 Å². The monoisotopic (exact) mass is 317 g/mol. The third-order valence-electron chi connectivity index (χ3n) is 3.70. The zero-order valence-corrected chi connectivity index (χ0v) is 12.7. The van der Waals surface area contributed by atoms with E-state index in [0.717, 1.165) is 6.42 Å². The van der Waals surface area contributed by atoms with Gasteiger partial charge in [0.15, 0.2) is 0 Å². The number of rotatable bonds is 5. The van der Waals surface area contributed by atoms with Gasteiger partial charge in [0.2, 0.25) is 5.91 Å². The number of carbonyl (C=O) groups is 1. The zero-order chi connectivity index (χ0) is 14.7. The molecule has 1 aliphatic heterocycles. The van der Waals surface area contributed by atoms with E-state index in [-0.39, 0.29) is 30.0 Å². The molecule has 1 fully saturated rings. The van der Waals surface area contributed by atoms with E-state index in [1.165, 1.54) is 17.1 Å². The Morgan fingerprint density at radius 1 is 1.62 bits per heavy atom. The highest BCUT2D eigenvalue weighted by Gasteiger charge is 2.31. The summed E-state index contributed by atoms with van der Waals surface area (Å²) < 4.78 is 1.43. The largest absolute Gasteiger partial charge is 0.340 e. The van der Waals surface area contributed by atoms with Crippen molar-refractivity contribution < 1.29 is 9.72 Å². The minimum Gasteiger partial charge on any atom is -0.340 e. The van der Waals surface area contributed by atoms with Crippen LogP contribution in [0.1, 0.15) is 19.8 Å². The van der Waals surface area contributed by atoms with Gasteiger partial charge in [-0.05, 0) is 25.8 Å². The predicted molar refractivity (Wildman–Crippen MR) is 79.1 cm³/mol. The van der Waals surface area contributed by atoms with E-state index in [9.17, 15) is 14.9 Å². The Hall–Kier alpha value is -1.67. The average Bonchev–Trinajstić information content (AvgIpc) is 3.02. The van der Waals surface area contributed by atoms with Crippen molar-refractivity contribution in [3.05, 3.63) is 22.5 Å². The molecule has 2 heterocycles. The summed E-state index contributed by atoms with van der Waals surface area (Å²) in [6, 6.07) is 0.211. The molecule has 2 atom stereocenters. The van der Waals surface area contributed by atoms with Crippen molar-refractivity contribution in [2.45, 2.75) is 32.4 Å². The van der Waals surface area contributed by atoms with Crippen LogP contribution in [0.3, 0.4) is 0 Å². The molecular formula is C12H20ClN5O3. The van der Waals surface area contributed by atoms with Gasteiger partial charge in [0, 0.05) is 25.6 Å². The molecule has 0 radical (unpaired) electrons. The Morgan fingerprint density at radius 2 is 2.33 bits per heavy atom. The molecule has 0 aromatic carbocycles. The highest BCUT2D eigenvalue weighted by molar-refractivity contribution is 5.85. The van der Waals surface area contributed by atoms with E-state index >= 15 is 0 Å². The molecule has 1 aromatic rings. The van der Waals surface area contributed by atoms with E-state index in [2.05, 4.69) is 5.10 Å². The quantitative estimate of drug-likeness (QED) is 0.638. The zero-order valence-electron chi connectivity index (χ0n) is 11.8. The van der Waals surface area contributed by atoms with Gasteiger partial charge < -0.3 is 10.6 Å². The highest BCUT2D eigenvalue weighted by atomic mass is 35.5. The van der Waals surface area contributed by atoms with Gasteiger partial charge in [0.25, 0.3) is 0 Å². The van der Waals surface area contributed by atoms with E-state index in [1.807, 2.05) is 11.8 Å². The van der Waals surface area contributed by atoms with Crippen LogP contribution in [-0.4, -0.2) is 44.6 Å². The predicted octanol–water partition coefficient (Wildman–Crippen LogP) is 0.799. The molecule has 1 saturated heterocycles. The van der Waals surface area contributed by atoms with E-state index in [0.29, 0.717) is 32.0 Å². The molecule has 9 heteroatoms. The van der Waals surface area contributed by atoms with Crippen LogP contribution in [0.5, 0.6) is 0 Å². The summed E-state index contributed by atoms with van der Waals surface area (Å²) in [5, 5.41) is 14.4. The molecular weight excluding hydrogens is 298 g/mol. The fraction of sp³-hybridized carbons (Fsp3) is 0.667. The number of hydrogen-bond acceptors (Lipinski definition) is 5. The molecule has 2 rings (SSSR count). The lowest BCUT2D eigenvalue weighted by Crippen LogP contribution is -2.34. The smallest absolute Gasteiger partial charge is 0.306 e. The van der Waals surface area contributed by atoms with Gasteiger partial charge >= 0.3 is 5.69 Å². The molecule has 0 saturated carbocycles. The van der Waals surface area contributed by atoms with Crippen LogP contribution in [0.15, 0.2) is 12.4 Å². The van der Waals surface area contributed by atoms with Crippen LogP contribution in [0.4, 0.5) is 5.69 Å². The highest BCUT2D eigenvalue weighted by Crippen LogP contribution is 2.22. The maximum atomic E-state index is 12.1. The van der Waals surface area contributed by atoms with Gasteiger partial charge in [-0.1, -0.05) is 0 Å². The first-order valence-corrected chi connectivity index (χ1v) is 6.67. The number of nitrogens with zero attached hydrogens (tertiary/aromatic N) is 4. The number of amides is 1. The number of carbonyl (C=O) groups excluding carboxylic acids is 1. The molecule has 8 nitrogen and oxygen atoms in total. The van der Waals surface area contributed by atoms with Crippen molar-refractivity contribution in [3.8, 4) is 0 Å². The lowest BCUT2D eigenvalue weighted by atomic mass is 10.1. The molecule has 2 unspecified atom stereocenters. The molecule has 118 valence electrons. The summed E-state index contributed by atoms with van der Waals surface area (Å²) in [5.41, 5.74) is 5.58. The van der Waals surface area contributed by atoms with E-state index in [1.54, 1.807) is 0 Å². The Labute approximate surface area is 128 Å². The van der Waals surface area contributed by atoms with Gasteiger partial charge in [0.05, 0.1) is 4.92 Å². The van der Waals surface area contributed by atoms with Crippen molar-refractivity contribution >= 4 is 24.0 Å². The summed E-state index contributed by atoms with van der Waals surface area (Å²) >= 11 is 0. The Balaban J connectivity index is 0.00000220. The number of hydrogen-bond donors (Lipinski definition) is 1. The molecule has 1 amide bonds. The summed E-state index contributed by atoms with van der Waals surface area (Å²) in [7, 11) is 0. The number of likely N-dealkylation sites (tertiary alicyclic amines) is 1. The third-order valence-corrected chi connectivity index (χ3v) is 3.70. The van der Waals surface area contributed by atoms with Gasteiger partial charge in [-0.15, -0.1) is 12.4 Å². The lowest BCUT2D eigenvalue weighted by molar-refractivity contribution is -0.385. The number of halogens is 1. The standard InChI is InChI=1S/C12H19N5O3.ClH/c1-9-4-10(5-13)7-16(9)12(18)2-3-15-8-11(6-14-15)17(19)20;/h6,8-10H,2-5,7,13H2,1H3;1H. The third kappa shape index (κ3) is 4.15. The molecule has 21 heavy (non-hydrogen) atoms. The maximum absolute atomic E-state index is 12.1. The molecule has 1 aliphatic rings. The summed E-state index contributed by atoms with van der Waals surface area (Å²) in [4.78, 5) is 24.0. The second-order valence-corrected chi connectivity index (χ2v) is 5.20. The number of aromatic nitrogens is 2. The van der Waals surface area contributed by atoms with Crippen LogP contribution in [0.2, 0.25) is 0 Å². The van der Waals surface area contributed by atoms with Gasteiger partial charge in [-0.25, -0.2) is 0 Å². The van der Waals surface area contributed by atoms with Crippen LogP contribution in [-0.2, 0) is 11.3 Å². The number of aryl methyl sites for hydroxylation is 1. The number of nitrogens with two attached hydrogens (primary N) is 1. The second-order valence-electron chi connectivity index (χ2n) is 5.20. The summed E-state index contributed by atoms with van der Waals surface area (Å²) in [5.74, 6) is 0.423. The molecule has 0 aliphatic carbocycles. The first-order valence-electron chi connectivity index (χ1n) is 6.67. The Bertz CT molecular complexity index is 507. The van der Waals surface area contributed by atoms with E-state index < -0.39 is 4.92 Å². The first-order chi connectivity index (χ1) is 9.51. The van der Waals surface area contributed by atoms with Gasteiger partial charge in [0.1, 0.15) is 12.4 Å². The maximum Gasteiger partial charge on any atom is 0.306 e. The molecule has 1 aromatic heterocycles. The number of nitro groups is 1. The Morgan fingerprint density at radius 3 is 2.86 bits per heavy atom. The van der Waals surface area contributed by atoms with Crippen LogP contribution >= 0.6 is 12.4 Å². The minimum absolute atomic E-state index is 0. The molecule has 0 spiro atoms. The molecule has 2 N–H and O–H groups in total. The summed E-state index contributed by atoms with van der Waals surface area (Å²) in [6.45, 7) is 3.67. The normalized spacial score (nSPS) is 21.1. The van der Waals surface area contributed by atoms with E-state index in [4.69, 9.17) is 5.73 Å². The average molecular weight is 318 g/mol. The summed E-state index contributed by atoms with van der Waals surface area (Å²) in [6.07, 6.45) is 3.76. The Kier molecular flexibility index (Phi) is 6.10. The fourth-order valence-electron chi connectivity index (χ4n) is 2.58. The van der Waals surface area contributed by atoms with Crippen molar-refractivity contribution in [1.82, 2.24) is 14.7 Å². The van der Waals surface area contributed by atoms with Crippen molar-refractivity contribution in [2.75, 3.05) is 13.1 Å². The van der Waals surface area contributed by atoms with Gasteiger partial charge in [-0.2, -0.15) is 5.10 Å². The van der Waals surface area contributed by atoms with Crippen LogP contribution < -0.4 is 5.73 Å². The van der Waals surface area contributed by atoms with Crippen molar-refractivity contribution in [2.24, 2.45) is 11.7 Å². The first kappa shape index (κ1) is 17.4. The second kappa shape index (κ2) is 7.37. The van der Waals surface area contributed by atoms with Crippen LogP contribution in [0, 0.1) is 16.0 Å². The fourth-order valence-corrected chi connectivity index (χ4v) is 2.58. The van der Waals surface area contributed by atoms with Crippen LogP contribution in [0.25, 0.3) is 0 Å². The lowest BCUT2D eigenvalue weighted by Gasteiger charge is -2.21. The molecule has 0 bridgehead atoms. The minimum atomic E-state index is -0.500. The van der Waals surface area contributed by atoms with Crippen molar-refractivity contribution in [3.63, 3.8) is 0 Å². The topological polar surface area (TPSA) is 107 Å².